The number of hydrogen-bond donors (Lipinski definition) is 2. The number of hydrogen-bond acceptors (Lipinski definition) is 4. The molecule has 0 aromatic carbocycles. The summed E-state index contributed by atoms with van der Waals surface area (Å²) in [5.74, 6) is -0.271. The smallest absolute Gasteiger partial charge is 0.317 e. The van der Waals surface area contributed by atoms with Gasteiger partial charge in [0.2, 0.25) is 0 Å². The highest BCUT2D eigenvalue weighted by molar-refractivity contribution is 5.74. The molecule has 3 unspecified atom stereocenters. The van der Waals surface area contributed by atoms with Gasteiger partial charge in [0.1, 0.15) is 0 Å². The molecule has 0 aromatic heterocycles. The van der Waals surface area contributed by atoms with Crippen LogP contribution in [0.1, 0.15) is 39.0 Å². The number of carbonyl (C=O) groups is 2. The Morgan fingerprint density at radius 3 is 2.79 bits per heavy atom. The van der Waals surface area contributed by atoms with E-state index in [-0.39, 0.29) is 24.7 Å². The highest BCUT2D eigenvalue weighted by Crippen LogP contribution is 2.27. The lowest BCUT2D eigenvalue weighted by Crippen LogP contribution is -2.55. The molecule has 138 valence electrons. The second kappa shape index (κ2) is 9.22. The second-order valence-corrected chi connectivity index (χ2v) is 7.04. The summed E-state index contributed by atoms with van der Waals surface area (Å²) in [6.07, 6.45) is 5.69. The van der Waals surface area contributed by atoms with E-state index in [1.807, 2.05) is 4.90 Å². The summed E-state index contributed by atoms with van der Waals surface area (Å²) in [5, 5.41) is 12.0. The van der Waals surface area contributed by atoms with Crippen LogP contribution >= 0.6 is 0 Å². The Bertz CT molecular complexity index is 432. The fourth-order valence-electron chi connectivity index (χ4n) is 3.79. The summed E-state index contributed by atoms with van der Waals surface area (Å²) in [6, 6.07) is 0.279. The van der Waals surface area contributed by atoms with Crippen molar-refractivity contribution in [2.75, 3.05) is 39.8 Å². The Morgan fingerprint density at radius 2 is 2.08 bits per heavy atom. The molecule has 1 saturated carbocycles. The van der Waals surface area contributed by atoms with Crippen LogP contribution in [0.4, 0.5) is 4.79 Å². The van der Waals surface area contributed by atoms with Gasteiger partial charge in [-0.3, -0.25) is 9.69 Å². The second-order valence-electron chi connectivity index (χ2n) is 7.04. The number of nitrogens with one attached hydrogen (secondary N) is 1. The van der Waals surface area contributed by atoms with E-state index < -0.39 is 5.97 Å². The van der Waals surface area contributed by atoms with E-state index in [4.69, 9.17) is 9.84 Å². The number of carboxylic acid groups (broad SMARTS) is 1. The van der Waals surface area contributed by atoms with Crippen LogP contribution in [-0.2, 0) is 9.53 Å². The standard InChI is InChI=1S/C17H31N3O4/c1-3-13-6-4-5-7-15(13)18-17(23)20-8-9-24-14(11-20)10-19(2)12-16(21)22/h13-15H,3-12H2,1-2H3,(H,18,23)(H,21,22). The van der Waals surface area contributed by atoms with E-state index in [1.54, 1.807) is 11.9 Å². The number of amides is 2. The van der Waals surface area contributed by atoms with Gasteiger partial charge in [-0.1, -0.05) is 26.2 Å². The number of morpholine rings is 1. The molecule has 2 N–H and O–H groups in total. The Morgan fingerprint density at radius 1 is 1.33 bits per heavy atom. The number of carboxylic acids is 1. The molecule has 2 fully saturated rings. The number of nitrogens with zero attached hydrogens (tertiary/aromatic N) is 2. The zero-order valence-corrected chi connectivity index (χ0v) is 14.9. The maximum absolute atomic E-state index is 12.6. The van der Waals surface area contributed by atoms with Crippen LogP contribution in [0.5, 0.6) is 0 Å². The lowest BCUT2D eigenvalue weighted by molar-refractivity contribution is -0.138. The number of urea groups is 1. The number of aliphatic carboxylic acids is 1. The van der Waals surface area contributed by atoms with Crippen molar-refractivity contribution in [3.05, 3.63) is 0 Å². The van der Waals surface area contributed by atoms with Crippen LogP contribution in [0.3, 0.4) is 0 Å². The molecule has 2 rings (SSSR count). The van der Waals surface area contributed by atoms with E-state index in [9.17, 15) is 9.59 Å². The van der Waals surface area contributed by atoms with Crippen LogP contribution in [-0.4, -0.2) is 78.9 Å². The topological polar surface area (TPSA) is 82.1 Å². The van der Waals surface area contributed by atoms with Crippen molar-refractivity contribution in [3.8, 4) is 0 Å². The van der Waals surface area contributed by atoms with Crippen LogP contribution in [0, 0.1) is 5.92 Å². The summed E-state index contributed by atoms with van der Waals surface area (Å²) in [5.41, 5.74) is 0. The van der Waals surface area contributed by atoms with Gasteiger partial charge >= 0.3 is 12.0 Å². The van der Waals surface area contributed by atoms with Gasteiger partial charge in [-0.2, -0.15) is 0 Å². The van der Waals surface area contributed by atoms with E-state index in [2.05, 4.69) is 12.2 Å². The Balaban J connectivity index is 1.82. The van der Waals surface area contributed by atoms with Crippen LogP contribution < -0.4 is 5.32 Å². The summed E-state index contributed by atoms with van der Waals surface area (Å²) in [4.78, 5) is 26.9. The Kier molecular flexibility index (Phi) is 7.30. The first-order valence-corrected chi connectivity index (χ1v) is 9.07. The van der Waals surface area contributed by atoms with Crippen molar-refractivity contribution in [3.63, 3.8) is 0 Å². The highest BCUT2D eigenvalue weighted by atomic mass is 16.5. The molecule has 7 heteroatoms. The Labute approximate surface area is 144 Å². The lowest BCUT2D eigenvalue weighted by atomic mass is 9.83. The van der Waals surface area contributed by atoms with Gasteiger partial charge in [0, 0.05) is 25.7 Å². The fourth-order valence-corrected chi connectivity index (χ4v) is 3.79. The van der Waals surface area contributed by atoms with E-state index in [0.29, 0.717) is 32.2 Å². The molecule has 0 radical (unpaired) electrons. The molecule has 0 aromatic rings. The van der Waals surface area contributed by atoms with Crippen molar-refractivity contribution in [1.29, 1.82) is 0 Å². The highest BCUT2D eigenvalue weighted by Gasteiger charge is 2.29. The third kappa shape index (κ3) is 5.63. The van der Waals surface area contributed by atoms with Gasteiger partial charge in [0.25, 0.3) is 0 Å². The molecule has 3 atom stereocenters. The summed E-state index contributed by atoms with van der Waals surface area (Å²) >= 11 is 0. The monoisotopic (exact) mass is 341 g/mol. The van der Waals surface area contributed by atoms with E-state index in [0.717, 1.165) is 12.8 Å². The third-order valence-electron chi connectivity index (χ3n) is 5.09. The van der Waals surface area contributed by atoms with E-state index in [1.165, 1.54) is 19.3 Å². The number of carbonyl (C=O) groups excluding carboxylic acids is 1. The van der Waals surface area contributed by atoms with Crippen LogP contribution in [0.25, 0.3) is 0 Å². The normalized spacial score (nSPS) is 28.0. The fraction of sp³-hybridized carbons (Fsp3) is 0.882. The molecular formula is C17H31N3O4. The predicted molar refractivity (Wildman–Crippen MR) is 91.0 cm³/mol. The minimum Gasteiger partial charge on any atom is -0.480 e. The van der Waals surface area contributed by atoms with Gasteiger partial charge in [-0.15, -0.1) is 0 Å². The quantitative estimate of drug-likeness (QED) is 0.763. The average Bonchev–Trinajstić information content (AvgIpc) is 2.54. The van der Waals surface area contributed by atoms with Crippen LogP contribution in [0.2, 0.25) is 0 Å². The molecule has 1 heterocycles. The number of rotatable bonds is 6. The van der Waals surface area contributed by atoms with Crippen molar-refractivity contribution >= 4 is 12.0 Å². The molecule has 1 aliphatic carbocycles. The molecule has 0 spiro atoms. The maximum Gasteiger partial charge on any atom is 0.317 e. The van der Waals surface area contributed by atoms with Gasteiger partial charge < -0.3 is 20.1 Å². The SMILES string of the molecule is CCC1CCCCC1NC(=O)N1CCOC(CN(C)CC(=O)O)C1. The number of ether oxygens (including phenoxy) is 1. The molecule has 1 aliphatic heterocycles. The van der Waals surface area contributed by atoms with Crippen molar-refractivity contribution in [2.45, 2.75) is 51.2 Å². The van der Waals surface area contributed by atoms with Crippen LogP contribution in [0.15, 0.2) is 0 Å². The molecule has 1 saturated heterocycles. The first kappa shape index (κ1) is 19.0. The van der Waals surface area contributed by atoms with Gasteiger partial charge in [-0.25, -0.2) is 4.79 Å². The summed E-state index contributed by atoms with van der Waals surface area (Å²) < 4.78 is 5.69. The molecule has 2 aliphatic rings. The first-order chi connectivity index (χ1) is 11.5. The zero-order chi connectivity index (χ0) is 17.5. The summed E-state index contributed by atoms with van der Waals surface area (Å²) in [7, 11) is 1.75. The zero-order valence-electron chi connectivity index (χ0n) is 14.9. The minimum atomic E-state index is -0.856. The molecule has 7 nitrogen and oxygen atoms in total. The molecule has 2 amide bonds. The largest absolute Gasteiger partial charge is 0.480 e. The van der Waals surface area contributed by atoms with Crippen molar-refractivity contribution in [2.24, 2.45) is 5.92 Å². The summed E-state index contributed by atoms with van der Waals surface area (Å²) in [6.45, 7) is 4.29. The first-order valence-electron chi connectivity index (χ1n) is 9.07. The van der Waals surface area contributed by atoms with Gasteiger partial charge in [0.05, 0.1) is 19.3 Å². The molecule has 0 bridgehead atoms. The Hall–Kier alpha value is -1.34. The maximum atomic E-state index is 12.6. The van der Waals surface area contributed by atoms with Gasteiger partial charge in [-0.05, 0) is 25.8 Å². The van der Waals surface area contributed by atoms with Gasteiger partial charge in [0.15, 0.2) is 0 Å². The number of likely N-dealkylation sites (N-methyl/N-ethyl adjacent to an activating group) is 1. The molecular weight excluding hydrogens is 310 g/mol. The van der Waals surface area contributed by atoms with Crippen molar-refractivity contribution < 1.29 is 19.4 Å². The molecule has 24 heavy (non-hydrogen) atoms. The minimum absolute atomic E-state index is 0.00506. The van der Waals surface area contributed by atoms with Crippen molar-refractivity contribution in [1.82, 2.24) is 15.1 Å². The third-order valence-corrected chi connectivity index (χ3v) is 5.09. The average molecular weight is 341 g/mol. The predicted octanol–water partition coefficient (Wildman–Crippen LogP) is 1.38. The lowest BCUT2D eigenvalue weighted by Gasteiger charge is -2.37. The van der Waals surface area contributed by atoms with E-state index >= 15 is 0 Å².